The number of cyclic esters (lactones) is 1. The van der Waals surface area contributed by atoms with Crippen LogP contribution in [0.1, 0.15) is 40.0 Å². The molecule has 2 fully saturated rings. The molecule has 3 aliphatic rings. The summed E-state index contributed by atoms with van der Waals surface area (Å²) in [5, 5.41) is 9.11. The lowest BCUT2D eigenvalue weighted by atomic mass is 9.70. The molecule has 0 radical (unpaired) electrons. The minimum Gasteiger partial charge on any atom is -0.462 e. The summed E-state index contributed by atoms with van der Waals surface area (Å²) in [4.78, 5) is 12.9. The lowest BCUT2D eigenvalue weighted by Gasteiger charge is -2.39. The fourth-order valence-electron chi connectivity index (χ4n) is 4.92. The maximum Gasteiger partial charge on any atom is 0.348 e. The van der Waals surface area contributed by atoms with Crippen molar-refractivity contribution in [1.82, 2.24) is 10.2 Å². The van der Waals surface area contributed by atoms with Crippen LogP contribution in [0.4, 0.5) is 0 Å². The Hall–Kier alpha value is -1.16. The van der Waals surface area contributed by atoms with E-state index in [1.165, 1.54) is 29.5 Å². The van der Waals surface area contributed by atoms with Crippen molar-refractivity contribution in [1.29, 1.82) is 0 Å². The van der Waals surface area contributed by atoms with Crippen molar-refractivity contribution in [2.24, 2.45) is 16.7 Å². The molecule has 0 spiro atoms. The van der Waals surface area contributed by atoms with E-state index in [0.717, 1.165) is 12.8 Å². The largest absolute Gasteiger partial charge is 0.462 e. The molecule has 1 aliphatic heterocycles. The first-order valence-corrected chi connectivity index (χ1v) is 12.0. The number of hydrogen-bond donors (Lipinski definition) is 0. The summed E-state index contributed by atoms with van der Waals surface area (Å²) in [6.07, 6.45) is 4.36. The molecule has 2 bridgehead atoms. The van der Waals surface area contributed by atoms with Crippen LogP contribution in [0.2, 0.25) is 0 Å². The molecule has 29 heavy (non-hydrogen) atoms. The summed E-state index contributed by atoms with van der Waals surface area (Å²) < 4.78 is 18.5. The molecule has 2 saturated carbocycles. The number of rotatable bonds is 5. The summed E-state index contributed by atoms with van der Waals surface area (Å²) in [5.41, 5.74) is 0.315. The van der Waals surface area contributed by atoms with E-state index in [9.17, 15) is 4.79 Å². The van der Waals surface area contributed by atoms with Crippen LogP contribution in [0.15, 0.2) is 36.5 Å². The number of hydrogen-bond acceptors (Lipinski definition) is 8. The summed E-state index contributed by atoms with van der Waals surface area (Å²) in [6.45, 7) is 6.99. The van der Waals surface area contributed by atoms with Gasteiger partial charge in [-0.3, -0.25) is 0 Å². The van der Waals surface area contributed by atoms with Gasteiger partial charge in [-0.2, -0.15) is 0 Å². The highest BCUT2D eigenvalue weighted by Crippen LogP contribution is 2.66. The van der Waals surface area contributed by atoms with Crippen LogP contribution < -0.4 is 0 Å². The van der Waals surface area contributed by atoms with Gasteiger partial charge in [-0.05, 0) is 64.1 Å². The highest BCUT2D eigenvalue weighted by atomic mass is 79.9. The average molecular weight is 497 g/mol. The highest BCUT2D eigenvalue weighted by Gasteiger charge is 2.62. The summed E-state index contributed by atoms with van der Waals surface area (Å²) in [5.74, 6) is 0.920. The zero-order chi connectivity index (χ0) is 20.4. The minimum absolute atomic E-state index is 0.0659. The maximum atomic E-state index is 12.2. The number of aromatic nitrogens is 2. The zero-order valence-electron chi connectivity index (χ0n) is 16.3. The summed E-state index contributed by atoms with van der Waals surface area (Å²) in [6, 6.07) is 3.66. The van der Waals surface area contributed by atoms with E-state index in [-0.39, 0.29) is 16.9 Å². The first-order chi connectivity index (χ1) is 13.8. The Morgan fingerprint density at radius 2 is 2.17 bits per heavy atom. The Labute approximate surface area is 185 Å². The van der Waals surface area contributed by atoms with Crippen molar-refractivity contribution in [2.75, 3.05) is 0 Å². The molecule has 154 valence electrons. The number of thioether (sulfide) groups is 1. The van der Waals surface area contributed by atoms with Gasteiger partial charge in [0.05, 0.1) is 17.3 Å². The second-order valence-electron chi connectivity index (χ2n) is 8.60. The van der Waals surface area contributed by atoms with Gasteiger partial charge in [0, 0.05) is 0 Å². The zero-order valence-corrected chi connectivity index (χ0v) is 19.5. The third-order valence-electron chi connectivity index (χ3n) is 7.16. The van der Waals surface area contributed by atoms with Crippen LogP contribution in [-0.4, -0.2) is 28.6 Å². The molecule has 2 aromatic heterocycles. The van der Waals surface area contributed by atoms with Gasteiger partial charge in [-0.15, -0.1) is 10.2 Å². The van der Waals surface area contributed by atoms with Crippen molar-refractivity contribution in [3.05, 3.63) is 27.8 Å². The molecule has 4 atom stereocenters. The Morgan fingerprint density at radius 3 is 2.83 bits per heavy atom. The fourth-order valence-corrected chi connectivity index (χ4v) is 7.30. The van der Waals surface area contributed by atoms with Crippen molar-refractivity contribution in [3.8, 4) is 10.8 Å². The van der Waals surface area contributed by atoms with E-state index >= 15 is 0 Å². The molecule has 9 heteroatoms. The predicted octanol–water partition coefficient (Wildman–Crippen LogP) is 5.61. The first-order valence-electron chi connectivity index (χ1n) is 9.61. The second kappa shape index (κ2) is 6.93. The number of esters is 1. The third kappa shape index (κ3) is 3.04. The molecule has 2 aromatic rings. The maximum absolute atomic E-state index is 12.2. The van der Waals surface area contributed by atoms with Gasteiger partial charge in [-0.1, -0.05) is 43.9 Å². The number of fused-ring (bicyclic) bond motifs is 2. The van der Waals surface area contributed by atoms with Crippen molar-refractivity contribution in [2.45, 2.75) is 56.8 Å². The van der Waals surface area contributed by atoms with Crippen LogP contribution in [0.3, 0.4) is 0 Å². The molecule has 5 rings (SSSR count). The van der Waals surface area contributed by atoms with E-state index in [0.29, 0.717) is 30.4 Å². The quantitative estimate of drug-likeness (QED) is 0.497. The van der Waals surface area contributed by atoms with Gasteiger partial charge in [0.15, 0.2) is 15.1 Å². The summed E-state index contributed by atoms with van der Waals surface area (Å²) >= 11 is 6.14. The van der Waals surface area contributed by atoms with Gasteiger partial charge in [0.1, 0.15) is 4.48 Å². The topological polar surface area (TPSA) is 74.5 Å². The van der Waals surface area contributed by atoms with E-state index in [4.69, 9.17) is 13.9 Å². The average Bonchev–Trinajstić information content (AvgIpc) is 3.46. The predicted molar refractivity (Wildman–Crippen MR) is 113 cm³/mol. The molecular weight excluding hydrogens is 476 g/mol. The summed E-state index contributed by atoms with van der Waals surface area (Å²) in [7, 11) is 0. The molecule has 0 N–H and O–H groups in total. The number of ether oxygens (including phenoxy) is 2. The van der Waals surface area contributed by atoms with Gasteiger partial charge >= 0.3 is 5.97 Å². The molecule has 0 saturated heterocycles. The highest BCUT2D eigenvalue weighted by molar-refractivity contribution is 9.12. The standard InChI is InChI=1S/C20H21BrN2O4S2/c1-19(2)10-6-7-20(19,3)12(9-10)26-17-14(13(21)16(24)27-17)28-18-23-22-15(29-18)11-5-4-8-25-11/h4-5,8,10,12,17H,6-7,9H2,1-3H3/t10?,12?,17-,20?/m0/s1. The van der Waals surface area contributed by atoms with E-state index in [2.05, 4.69) is 46.9 Å². The van der Waals surface area contributed by atoms with E-state index in [1.54, 1.807) is 6.26 Å². The van der Waals surface area contributed by atoms with Crippen LogP contribution in [0.5, 0.6) is 0 Å². The van der Waals surface area contributed by atoms with Crippen LogP contribution >= 0.6 is 39.0 Å². The molecule has 6 nitrogen and oxygen atoms in total. The lowest BCUT2D eigenvalue weighted by molar-refractivity contribution is -0.181. The number of halogens is 1. The third-order valence-corrected chi connectivity index (χ3v) is 10.3. The second-order valence-corrected chi connectivity index (χ2v) is 11.7. The number of carbonyl (C=O) groups excluding carboxylic acids is 1. The molecule has 3 unspecified atom stereocenters. The van der Waals surface area contributed by atoms with Gasteiger partial charge < -0.3 is 13.9 Å². The van der Waals surface area contributed by atoms with Crippen molar-refractivity contribution < 1.29 is 18.7 Å². The van der Waals surface area contributed by atoms with Gasteiger partial charge in [0.25, 0.3) is 0 Å². The lowest BCUT2D eigenvalue weighted by Crippen LogP contribution is -2.39. The number of carbonyl (C=O) groups is 1. The van der Waals surface area contributed by atoms with Crippen molar-refractivity contribution >= 4 is 45.0 Å². The minimum atomic E-state index is -0.713. The van der Waals surface area contributed by atoms with Crippen molar-refractivity contribution in [3.63, 3.8) is 0 Å². The Bertz CT molecular complexity index is 987. The van der Waals surface area contributed by atoms with E-state index in [1.807, 2.05) is 12.1 Å². The van der Waals surface area contributed by atoms with Crippen LogP contribution in [-0.2, 0) is 14.3 Å². The van der Waals surface area contributed by atoms with Crippen LogP contribution in [0, 0.1) is 16.7 Å². The monoisotopic (exact) mass is 496 g/mol. The molecule has 0 amide bonds. The first kappa shape index (κ1) is 19.8. The molecule has 3 heterocycles. The molecular formula is C20H21BrN2O4S2. The Balaban J connectivity index is 1.36. The van der Waals surface area contributed by atoms with E-state index < -0.39 is 12.3 Å². The number of nitrogens with zero attached hydrogens (tertiary/aromatic N) is 2. The number of furan rings is 1. The smallest absolute Gasteiger partial charge is 0.348 e. The van der Waals surface area contributed by atoms with Gasteiger partial charge in [0.2, 0.25) is 6.29 Å². The Kier molecular flexibility index (Phi) is 4.73. The molecule has 2 aliphatic carbocycles. The molecule has 0 aromatic carbocycles. The SMILES string of the molecule is CC1(C)C2CCC1(C)C(O[C@H]1OC(=O)C(Br)=C1Sc1nnc(-c3ccco3)s1)C2. The van der Waals surface area contributed by atoms with Crippen LogP contribution in [0.25, 0.3) is 10.8 Å². The Morgan fingerprint density at radius 1 is 1.34 bits per heavy atom. The van der Waals surface area contributed by atoms with Gasteiger partial charge in [-0.25, -0.2) is 4.79 Å². The fraction of sp³-hybridized carbons (Fsp3) is 0.550. The normalized spacial score (nSPS) is 33.0.